The number of hydrogen-bond donors (Lipinski definition) is 0. The molecule has 6 nitrogen and oxygen atoms in total. The van der Waals surface area contributed by atoms with Crippen molar-refractivity contribution in [1.29, 1.82) is 0 Å². The van der Waals surface area contributed by atoms with Crippen molar-refractivity contribution in [2.24, 2.45) is 0 Å². The van der Waals surface area contributed by atoms with Crippen LogP contribution in [-0.4, -0.2) is 43.2 Å². The number of carbonyl (C=O) groups excluding carboxylic acids is 2. The molecule has 0 bridgehead atoms. The predicted octanol–water partition coefficient (Wildman–Crippen LogP) is 3.21. The van der Waals surface area contributed by atoms with Crippen LogP contribution >= 0.6 is 0 Å². The van der Waals surface area contributed by atoms with Crippen LogP contribution in [0.25, 0.3) is 0 Å². The molecule has 7 heteroatoms. The number of benzene rings is 2. The molecule has 2 aliphatic heterocycles. The van der Waals surface area contributed by atoms with Crippen molar-refractivity contribution in [3.05, 3.63) is 59.4 Å². The van der Waals surface area contributed by atoms with Gasteiger partial charge in [-0.2, -0.15) is 0 Å². The van der Waals surface area contributed by atoms with Gasteiger partial charge in [-0.3, -0.25) is 9.69 Å². The van der Waals surface area contributed by atoms with E-state index in [0.717, 1.165) is 0 Å². The molecule has 1 fully saturated rings. The third kappa shape index (κ3) is 3.09. The maximum atomic E-state index is 13.9. The van der Waals surface area contributed by atoms with Gasteiger partial charge in [0.15, 0.2) is 0 Å². The van der Waals surface area contributed by atoms with E-state index in [1.165, 1.54) is 24.1 Å². The van der Waals surface area contributed by atoms with Gasteiger partial charge in [0.2, 0.25) is 0 Å². The van der Waals surface area contributed by atoms with Crippen LogP contribution in [0.1, 0.15) is 22.3 Å². The Kier molecular flexibility index (Phi) is 4.43. The van der Waals surface area contributed by atoms with Crippen LogP contribution in [-0.2, 0) is 11.3 Å². The molecule has 140 valence electrons. The van der Waals surface area contributed by atoms with Gasteiger partial charge in [-0.25, -0.2) is 9.18 Å². The minimum absolute atomic E-state index is 0.165. The van der Waals surface area contributed by atoms with Crippen molar-refractivity contribution >= 4 is 17.7 Å². The van der Waals surface area contributed by atoms with E-state index in [2.05, 4.69) is 0 Å². The van der Waals surface area contributed by atoms with E-state index < -0.39 is 11.9 Å². The second kappa shape index (κ2) is 6.90. The molecule has 27 heavy (non-hydrogen) atoms. The van der Waals surface area contributed by atoms with Crippen molar-refractivity contribution in [1.82, 2.24) is 4.90 Å². The van der Waals surface area contributed by atoms with Crippen molar-refractivity contribution in [3.63, 3.8) is 0 Å². The van der Waals surface area contributed by atoms with Gasteiger partial charge in [0.1, 0.15) is 18.2 Å². The molecule has 4 rings (SSSR count). The first kappa shape index (κ1) is 17.3. The summed E-state index contributed by atoms with van der Waals surface area (Å²) in [5, 5.41) is 0. The summed E-state index contributed by atoms with van der Waals surface area (Å²) in [5.41, 5.74) is 1.63. The SMILES string of the molecule is COc1ccccc1C(=O)N1CC[C@H]2COC(=O)N2c2cc(F)ccc2C1. The zero-order valence-electron chi connectivity index (χ0n) is 14.9. The second-order valence-electron chi connectivity index (χ2n) is 6.59. The Morgan fingerprint density at radius 2 is 2.07 bits per heavy atom. The Balaban J connectivity index is 1.72. The summed E-state index contributed by atoms with van der Waals surface area (Å²) in [6.45, 7) is 0.944. The monoisotopic (exact) mass is 370 g/mol. The van der Waals surface area contributed by atoms with E-state index in [0.29, 0.717) is 35.5 Å². The quantitative estimate of drug-likeness (QED) is 0.815. The largest absolute Gasteiger partial charge is 0.496 e. The number of amides is 2. The van der Waals surface area contributed by atoms with Gasteiger partial charge in [0.05, 0.1) is 24.4 Å². The van der Waals surface area contributed by atoms with Crippen molar-refractivity contribution in [3.8, 4) is 5.75 Å². The summed E-state index contributed by atoms with van der Waals surface area (Å²) in [5.74, 6) is -0.0957. The number of carbonyl (C=O) groups is 2. The lowest BCUT2D eigenvalue weighted by molar-refractivity contribution is 0.0731. The first-order valence-corrected chi connectivity index (χ1v) is 8.75. The molecule has 0 spiro atoms. The van der Waals surface area contributed by atoms with Crippen LogP contribution in [0.5, 0.6) is 5.75 Å². The Labute approximate surface area is 156 Å². The van der Waals surface area contributed by atoms with Crippen LogP contribution < -0.4 is 9.64 Å². The first-order chi connectivity index (χ1) is 13.1. The zero-order chi connectivity index (χ0) is 19.0. The van der Waals surface area contributed by atoms with Crippen molar-refractivity contribution < 1.29 is 23.5 Å². The number of methoxy groups -OCH3 is 1. The molecule has 0 unspecified atom stereocenters. The lowest BCUT2D eigenvalue weighted by Crippen LogP contribution is -2.42. The first-order valence-electron chi connectivity index (χ1n) is 8.75. The average Bonchev–Trinajstić information content (AvgIpc) is 3.03. The fourth-order valence-electron chi connectivity index (χ4n) is 3.62. The second-order valence-corrected chi connectivity index (χ2v) is 6.59. The van der Waals surface area contributed by atoms with E-state index in [1.807, 2.05) is 0 Å². The molecule has 2 aromatic carbocycles. The zero-order valence-corrected chi connectivity index (χ0v) is 14.9. The van der Waals surface area contributed by atoms with E-state index in [9.17, 15) is 14.0 Å². The third-order valence-corrected chi connectivity index (χ3v) is 4.99. The maximum Gasteiger partial charge on any atom is 0.414 e. The van der Waals surface area contributed by atoms with Gasteiger partial charge in [-0.15, -0.1) is 0 Å². The van der Waals surface area contributed by atoms with Gasteiger partial charge in [0, 0.05) is 13.1 Å². The summed E-state index contributed by atoms with van der Waals surface area (Å²) in [4.78, 5) is 28.5. The highest BCUT2D eigenvalue weighted by molar-refractivity contribution is 5.97. The lowest BCUT2D eigenvalue weighted by atomic mass is 10.0. The highest BCUT2D eigenvalue weighted by Gasteiger charge is 2.38. The predicted molar refractivity (Wildman–Crippen MR) is 96.4 cm³/mol. The summed E-state index contributed by atoms with van der Waals surface area (Å²) in [7, 11) is 1.52. The lowest BCUT2D eigenvalue weighted by Gasteiger charge is -2.32. The number of para-hydroxylation sites is 1. The summed E-state index contributed by atoms with van der Waals surface area (Å²) >= 11 is 0. The van der Waals surface area contributed by atoms with E-state index in [-0.39, 0.29) is 25.1 Å². The number of fused-ring (bicyclic) bond motifs is 3. The standard InChI is InChI=1S/C20H19FN2O4/c1-26-18-5-3-2-4-16(18)19(24)22-9-8-15-12-27-20(25)23(15)17-10-14(21)7-6-13(17)11-22/h2-7,10,15H,8-9,11-12H2,1H3/t15-/m0/s1. The Hall–Kier alpha value is -3.09. The normalized spacial score (nSPS) is 18.9. The number of anilines is 1. The summed E-state index contributed by atoms with van der Waals surface area (Å²) in [6.07, 6.45) is 0.0686. The van der Waals surface area contributed by atoms with Crippen molar-refractivity contribution in [2.75, 3.05) is 25.2 Å². The molecule has 0 saturated carbocycles. The average molecular weight is 370 g/mol. The number of cyclic esters (lactones) is 1. The molecule has 2 amide bonds. The topological polar surface area (TPSA) is 59.1 Å². The van der Waals surface area contributed by atoms with Crippen LogP contribution in [0.15, 0.2) is 42.5 Å². The molecule has 0 radical (unpaired) electrons. The molecule has 0 aliphatic carbocycles. The highest BCUT2D eigenvalue weighted by atomic mass is 19.1. The van der Waals surface area contributed by atoms with Gasteiger partial charge < -0.3 is 14.4 Å². The molecule has 0 N–H and O–H groups in total. The van der Waals surface area contributed by atoms with Crippen molar-refractivity contribution in [2.45, 2.75) is 19.0 Å². The number of ether oxygens (including phenoxy) is 2. The summed E-state index contributed by atoms with van der Waals surface area (Å²) in [6, 6.07) is 11.1. The minimum Gasteiger partial charge on any atom is -0.496 e. The number of hydrogen-bond acceptors (Lipinski definition) is 4. The van der Waals surface area contributed by atoms with Gasteiger partial charge in [-0.1, -0.05) is 18.2 Å². The Bertz CT molecular complexity index is 901. The Morgan fingerprint density at radius 3 is 2.89 bits per heavy atom. The van der Waals surface area contributed by atoms with Crippen LogP contribution in [0.3, 0.4) is 0 Å². The van der Waals surface area contributed by atoms with Gasteiger partial charge in [0.25, 0.3) is 5.91 Å². The van der Waals surface area contributed by atoms with E-state index in [4.69, 9.17) is 9.47 Å². The van der Waals surface area contributed by atoms with E-state index >= 15 is 0 Å². The molecule has 0 aromatic heterocycles. The van der Waals surface area contributed by atoms with Crippen LogP contribution in [0.2, 0.25) is 0 Å². The smallest absolute Gasteiger partial charge is 0.414 e. The Morgan fingerprint density at radius 1 is 1.26 bits per heavy atom. The molecule has 1 saturated heterocycles. The molecular weight excluding hydrogens is 351 g/mol. The molecule has 1 atom stereocenters. The fraction of sp³-hybridized carbons (Fsp3) is 0.300. The molecule has 2 heterocycles. The third-order valence-electron chi connectivity index (χ3n) is 4.99. The molecule has 2 aromatic rings. The molecule has 2 aliphatic rings. The van der Waals surface area contributed by atoms with Crippen LogP contribution in [0, 0.1) is 5.82 Å². The van der Waals surface area contributed by atoms with E-state index in [1.54, 1.807) is 35.2 Å². The van der Waals surface area contributed by atoms with Gasteiger partial charge in [-0.05, 0) is 36.2 Å². The maximum absolute atomic E-state index is 13.9. The minimum atomic E-state index is -0.476. The number of nitrogens with zero attached hydrogens (tertiary/aromatic N) is 2. The molecular formula is C20H19FN2O4. The van der Waals surface area contributed by atoms with Crippen LogP contribution in [0.4, 0.5) is 14.9 Å². The summed E-state index contributed by atoms with van der Waals surface area (Å²) < 4.78 is 24.3. The fourth-order valence-corrected chi connectivity index (χ4v) is 3.62. The highest BCUT2D eigenvalue weighted by Crippen LogP contribution is 2.33. The van der Waals surface area contributed by atoms with Gasteiger partial charge >= 0.3 is 6.09 Å². The number of halogens is 1. The number of rotatable bonds is 2.